The van der Waals surface area contributed by atoms with Crippen LogP contribution in [0.3, 0.4) is 0 Å². The van der Waals surface area contributed by atoms with Crippen LogP contribution in [0.2, 0.25) is 0 Å². The summed E-state index contributed by atoms with van der Waals surface area (Å²) in [7, 11) is 0. The number of nitrogens with one attached hydrogen (secondary N) is 1. The highest BCUT2D eigenvalue weighted by Gasteiger charge is 2.36. The molecule has 98 valence electrons. The minimum Gasteiger partial charge on any atom is -0.323 e. The van der Waals surface area contributed by atoms with Crippen molar-refractivity contribution >= 4 is 11.6 Å². The fraction of sp³-hybridized carbons (Fsp3) is 0.188. The van der Waals surface area contributed by atoms with Crippen molar-refractivity contribution in [2.24, 2.45) is 0 Å². The Morgan fingerprint density at radius 3 is 2.26 bits per heavy atom. The lowest BCUT2D eigenvalue weighted by atomic mass is 9.93. The maximum absolute atomic E-state index is 14.8. The van der Waals surface area contributed by atoms with Gasteiger partial charge in [0.05, 0.1) is 0 Å². The molecule has 1 atom stereocenters. The van der Waals surface area contributed by atoms with E-state index in [1.54, 1.807) is 49.4 Å². The molecule has 0 radical (unpaired) electrons. The topological polar surface area (TPSA) is 29.1 Å². The molecule has 0 aliphatic heterocycles. The fourth-order valence-corrected chi connectivity index (χ4v) is 1.99. The van der Waals surface area contributed by atoms with Crippen LogP contribution >= 0.6 is 0 Å². The molecule has 0 saturated heterocycles. The third kappa shape index (κ3) is 2.81. The number of carbonyl (C=O) groups is 1. The van der Waals surface area contributed by atoms with Crippen LogP contribution in [0.15, 0.2) is 54.6 Å². The normalized spacial score (nSPS) is 13.6. The highest BCUT2D eigenvalue weighted by molar-refractivity contribution is 5.97. The van der Waals surface area contributed by atoms with Crippen molar-refractivity contribution in [3.05, 3.63) is 65.7 Å². The van der Waals surface area contributed by atoms with E-state index in [0.717, 1.165) is 5.56 Å². The molecular formula is C16H16FNO. The molecule has 0 spiro atoms. The Bertz CT molecular complexity index is 578. The third-order valence-electron chi connectivity index (χ3n) is 3.11. The molecule has 1 amide bonds. The summed E-state index contributed by atoms with van der Waals surface area (Å²) in [5.41, 5.74) is -0.314. The van der Waals surface area contributed by atoms with Gasteiger partial charge in [0.1, 0.15) is 0 Å². The quantitative estimate of drug-likeness (QED) is 0.889. The standard InChI is InChI=1S/C16H16FNO/c1-12-8-6-7-11-14(12)16(2,17)15(19)18-13-9-4-3-5-10-13/h3-11H,1-2H3,(H,18,19). The van der Waals surface area contributed by atoms with E-state index in [1.165, 1.54) is 6.92 Å². The lowest BCUT2D eigenvalue weighted by molar-refractivity contribution is -0.126. The molecule has 0 aromatic heterocycles. The van der Waals surface area contributed by atoms with E-state index in [-0.39, 0.29) is 0 Å². The molecule has 0 fully saturated rings. The largest absolute Gasteiger partial charge is 0.323 e. The number of halogens is 1. The molecule has 2 nitrogen and oxygen atoms in total. The molecule has 0 bridgehead atoms. The number of anilines is 1. The molecule has 0 heterocycles. The van der Waals surface area contributed by atoms with Gasteiger partial charge in [-0.1, -0.05) is 42.5 Å². The zero-order valence-corrected chi connectivity index (χ0v) is 11.0. The van der Waals surface area contributed by atoms with Crippen LogP contribution in [0.25, 0.3) is 0 Å². The molecule has 3 heteroatoms. The summed E-state index contributed by atoms with van der Waals surface area (Å²) in [5, 5.41) is 2.59. The predicted octanol–water partition coefficient (Wildman–Crippen LogP) is 3.82. The van der Waals surface area contributed by atoms with Crippen LogP contribution in [0.5, 0.6) is 0 Å². The van der Waals surface area contributed by atoms with Crippen molar-refractivity contribution in [3.63, 3.8) is 0 Å². The van der Waals surface area contributed by atoms with E-state index in [2.05, 4.69) is 5.32 Å². The van der Waals surface area contributed by atoms with E-state index in [0.29, 0.717) is 11.3 Å². The smallest absolute Gasteiger partial charge is 0.266 e. The maximum Gasteiger partial charge on any atom is 0.266 e. The fourth-order valence-electron chi connectivity index (χ4n) is 1.99. The highest BCUT2D eigenvalue weighted by atomic mass is 19.1. The molecule has 0 saturated carbocycles. The van der Waals surface area contributed by atoms with Crippen LogP contribution in [-0.2, 0) is 10.5 Å². The number of carbonyl (C=O) groups excluding carboxylic acids is 1. The van der Waals surface area contributed by atoms with Gasteiger partial charge in [0.15, 0.2) is 0 Å². The van der Waals surface area contributed by atoms with Gasteiger partial charge in [-0.2, -0.15) is 0 Å². The second kappa shape index (κ2) is 5.22. The summed E-state index contributed by atoms with van der Waals surface area (Å²) in [5.74, 6) is -0.659. The Morgan fingerprint density at radius 2 is 1.63 bits per heavy atom. The summed E-state index contributed by atoms with van der Waals surface area (Å²) >= 11 is 0. The van der Waals surface area contributed by atoms with Crippen molar-refractivity contribution in [3.8, 4) is 0 Å². The third-order valence-corrected chi connectivity index (χ3v) is 3.11. The van der Waals surface area contributed by atoms with Gasteiger partial charge in [-0.25, -0.2) is 4.39 Å². The SMILES string of the molecule is Cc1ccccc1C(C)(F)C(=O)Nc1ccccc1. The van der Waals surface area contributed by atoms with E-state index in [4.69, 9.17) is 0 Å². The number of benzene rings is 2. The first-order valence-corrected chi connectivity index (χ1v) is 6.13. The maximum atomic E-state index is 14.8. The number of para-hydroxylation sites is 1. The van der Waals surface area contributed by atoms with Gasteiger partial charge in [-0.15, -0.1) is 0 Å². The Kier molecular flexibility index (Phi) is 3.65. The summed E-state index contributed by atoms with van der Waals surface area (Å²) in [4.78, 5) is 12.1. The van der Waals surface area contributed by atoms with Crippen LogP contribution in [0.1, 0.15) is 18.1 Å². The first-order chi connectivity index (χ1) is 9.01. The zero-order valence-electron chi connectivity index (χ0n) is 11.0. The van der Waals surface area contributed by atoms with Crippen molar-refractivity contribution in [2.45, 2.75) is 19.5 Å². The number of alkyl halides is 1. The van der Waals surface area contributed by atoms with E-state index < -0.39 is 11.6 Å². The van der Waals surface area contributed by atoms with Gasteiger partial charge in [-0.3, -0.25) is 4.79 Å². The van der Waals surface area contributed by atoms with Gasteiger partial charge in [0.2, 0.25) is 5.67 Å². The van der Waals surface area contributed by atoms with Gasteiger partial charge in [-0.05, 0) is 31.5 Å². The van der Waals surface area contributed by atoms with Gasteiger partial charge < -0.3 is 5.32 Å². The van der Waals surface area contributed by atoms with Crippen molar-refractivity contribution in [1.82, 2.24) is 0 Å². The summed E-state index contributed by atoms with van der Waals surface area (Å²) in [6, 6.07) is 15.9. The molecule has 19 heavy (non-hydrogen) atoms. The highest BCUT2D eigenvalue weighted by Crippen LogP contribution is 2.29. The molecular weight excluding hydrogens is 241 g/mol. The number of amides is 1. The van der Waals surface area contributed by atoms with Gasteiger partial charge in [0, 0.05) is 11.3 Å². The molecule has 2 rings (SSSR count). The number of hydrogen-bond donors (Lipinski definition) is 1. The first kappa shape index (κ1) is 13.3. The molecule has 1 N–H and O–H groups in total. The summed E-state index contributed by atoms with van der Waals surface area (Å²) < 4.78 is 14.8. The van der Waals surface area contributed by atoms with Crippen LogP contribution in [0.4, 0.5) is 10.1 Å². The molecule has 2 aromatic rings. The zero-order chi connectivity index (χ0) is 13.9. The molecule has 1 unspecified atom stereocenters. The average Bonchev–Trinajstić information content (AvgIpc) is 2.40. The molecule has 2 aromatic carbocycles. The van der Waals surface area contributed by atoms with Crippen LogP contribution in [-0.4, -0.2) is 5.91 Å². The lowest BCUT2D eigenvalue weighted by Gasteiger charge is -2.22. The average molecular weight is 257 g/mol. The van der Waals surface area contributed by atoms with Crippen LogP contribution in [0, 0.1) is 6.92 Å². The van der Waals surface area contributed by atoms with Crippen molar-refractivity contribution in [1.29, 1.82) is 0 Å². The Morgan fingerprint density at radius 1 is 1.05 bits per heavy atom. The molecule has 0 aliphatic carbocycles. The monoisotopic (exact) mass is 257 g/mol. The lowest BCUT2D eigenvalue weighted by Crippen LogP contribution is -2.34. The summed E-state index contributed by atoms with van der Waals surface area (Å²) in [6.45, 7) is 3.08. The van der Waals surface area contributed by atoms with E-state index >= 15 is 0 Å². The minimum atomic E-state index is -2.05. The predicted molar refractivity (Wildman–Crippen MR) is 74.7 cm³/mol. The molecule has 0 aliphatic rings. The number of aryl methyl sites for hydroxylation is 1. The van der Waals surface area contributed by atoms with Gasteiger partial charge >= 0.3 is 0 Å². The Hall–Kier alpha value is -2.16. The van der Waals surface area contributed by atoms with Crippen molar-refractivity contribution in [2.75, 3.05) is 5.32 Å². The van der Waals surface area contributed by atoms with E-state index in [9.17, 15) is 9.18 Å². The van der Waals surface area contributed by atoms with Crippen LogP contribution < -0.4 is 5.32 Å². The first-order valence-electron chi connectivity index (χ1n) is 6.13. The summed E-state index contributed by atoms with van der Waals surface area (Å²) in [6.07, 6.45) is 0. The minimum absolute atomic E-state index is 0.392. The Labute approximate surface area is 112 Å². The second-order valence-electron chi connectivity index (χ2n) is 4.64. The van der Waals surface area contributed by atoms with Gasteiger partial charge in [0.25, 0.3) is 5.91 Å². The van der Waals surface area contributed by atoms with E-state index in [1.807, 2.05) is 12.1 Å². The number of hydrogen-bond acceptors (Lipinski definition) is 1. The second-order valence-corrected chi connectivity index (χ2v) is 4.64. The Balaban J connectivity index is 2.25. The van der Waals surface area contributed by atoms with Crippen molar-refractivity contribution < 1.29 is 9.18 Å². The number of rotatable bonds is 3.